The lowest BCUT2D eigenvalue weighted by Crippen LogP contribution is -2.48. The van der Waals surface area contributed by atoms with Gasteiger partial charge >= 0.3 is 5.97 Å². The summed E-state index contributed by atoms with van der Waals surface area (Å²) in [5.41, 5.74) is 0. The maximum Gasteiger partial charge on any atom is 0.305 e. The van der Waals surface area contributed by atoms with Crippen LogP contribution in [0.5, 0.6) is 0 Å². The van der Waals surface area contributed by atoms with Crippen LogP contribution < -0.4 is 10.0 Å². The molecule has 8 heteroatoms. The van der Waals surface area contributed by atoms with E-state index in [-0.39, 0.29) is 12.2 Å². The third-order valence-electron chi connectivity index (χ3n) is 2.48. The number of hydrogen-bond donors (Lipinski definition) is 3. The Morgan fingerprint density at radius 1 is 1.26 bits per heavy atom. The van der Waals surface area contributed by atoms with Gasteiger partial charge in [0.05, 0.1) is 18.2 Å². The van der Waals surface area contributed by atoms with Gasteiger partial charge in [-0.3, -0.25) is 9.59 Å². The summed E-state index contributed by atoms with van der Waals surface area (Å²) in [6, 6.07) is -1.41. The van der Waals surface area contributed by atoms with Crippen LogP contribution in [0.25, 0.3) is 0 Å². The van der Waals surface area contributed by atoms with Crippen molar-refractivity contribution in [1.29, 1.82) is 0 Å². The van der Waals surface area contributed by atoms with Crippen molar-refractivity contribution in [2.75, 3.05) is 5.75 Å². The summed E-state index contributed by atoms with van der Waals surface area (Å²) in [4.78, 5) is 22.3. The molecule has 0 heterocycles. The molecule has 0 radical (unpaired) electrons. The van der Waals surface area contributed by atoms with Crippen molar-refractivity contribution >= 4 is 21.9 Å². The van der Waals surface area contributed by atoms with Crippen LogP contribution in [0.3, 0.4) is 0 Å². The van der Waals surface area contributed by atoms with Gasteiger partial charge in [0.2, 0.25) is 15.9 Å². The van der Waals surface area contributed by atoms with E-state index in [9.17, 15) is 18.0 Å². The molecular weight excluding hydrogens is 272 g/mol. The lowest BCUT2D eigenvalue weighted by atomic mass is 10.1. The SMILES string of the molecule is CCCS(=O)(=O)NC(C)C(=O)NC(CC)CC(=O)O. The average Bonchev–Trinajstić information content (AvgIpc) is 2.26. The number of carboxylic acid groups (broad SMARTS) is 1. The zero-order valence-electron chi connectivity index (χ0n) is 11.5. The van der Waals surface area contributed by atoms with Crippen LogP contribution in [-0.2, 0) is 19.6 Å². The van der Waals surface area contributed by atoms with Gasteiger partial charge in [-0.25, -0.2) is 13.1 Å². The van der Waals surface area contributed by atoms with Gasteiger partial charge in [-0.1, -0.05) is 13.8 Å². The van der Waals surface area contributed by atoms with Crippen LogP contribution >= 0.6 is 0 Å². The van der Waals surface area contributed by atoms with E-state index in [0.717, 1.165) is 0 Å². The van der Waals surface area contributed by atoms with E-state index >= 15 is 0 Å². The molecule has 0 aliphatic rings. The summed E-state index contributed by atoms with van der Waals surface area (Å²) in [5.74, 6) is -1.57. The predicted octanol–water partition coefficient (Wildman–Crippen LogP) is 0.0738. The second-order valence-corrected chi connectivity index (χ2v) is 6.24. The highest BCUT2D eigenvalue weighted by molar-refractivity contribution is 7.89. The lowest BCUT2D eigenvalue weighted by Gasteiger charge is -2.19. The van der Waals surface area contributed by atoms with Crippen LogP contribution in [0, 0.1) is 0 Å². The van der Waals surface area contributed by atoms with Gasteiger partial charge in [0.25, 0.3) is 0 Å². The zero-order chi connectivity index (χ0) is 15.1. The van der Waals surface area contributed by atoms with E-state index in [1.165, 1.54) is 6.92 Å². The number of carboxylic acids is 1. The molecule has 0 saturated heterocycles. The highest BCUT2D eigenvalue weighted by Gasteiger charge is 2.22. The smallest absolute Gasteiger partial charge is 0.305 e. The number of hydrogen-bond acceptors (Lipinski definition) is 4. The standard InChI is InChI=1S/C11H22N2O5S/c1-4-6-19(17,18)13-8(3)11(16)12-9(5-2)7-10(14)15/h8-9,13H,4-7H2,1-3H3,(H,12,16)(H,14,15). The molecule has 2 atom stereocenters. The summed E-state index contributed by atoms with van der Waals surface area (Å²) < 4.78 is 25.2. The molecule has 0 aromatic rings. The summed E-state index contributed by atoms with van der Waals surface area (Å²) >= 11 is 0. The van der Waals surface area contributed by atoms with Crippen molar-refractivity contribution in [3.05, 3.63) is 0 Å². The van der Waals surface area contributed by atoms with Crippen LogP contribution in [0.15, 0.2) is 0 Å². The van der Waals surface area contributed by atoms with E-state index < -0.39 is 34.0 Å². The fourth-order valence-electron chi connectivity index (χ4n) is 1.48. The second-order valence-electron chi connectivity index (χ2n) is 4.37. The first-order valence-corrected chi connectivity index (χ1v) is 7.89. The Kier molecular flexibility index (Phi) is 7.62. The fraction of sp³-hybridized carbons (Fsp3) is 0.818. The normalized spacial score (nSPS) is 14.7. The largest absolute Gasteiger partial charge is 0.481 e. The highest BCUT2D eigenvalue weighted by atomic mass is 32.2. The fourth-order valence-corrected chi connectivity index (χ4v) is 2.79. The molecule has 112 valence electrons. The molecule has 3 N–H and O–H groups in total. The maximum atomic E-state index is 11.7. The number of sulfonamides is 1. The molecule has 0 bridgehead atoms. The van der Waals surface area contributed by atoms with Gasteiger partial charge in [0.15, 0.2) is 0 Å². The van der Waals surface area contributed by atoms with Gasteiger partial charge in [-0.2, -0.15) is 0 Å². The van der Waals surface area contributed by atoms with E-state index in [1.807, 2.05) is 0 Å². The number of carbonyl (C=O) groups is 2. The molecule has 0 aliphatic carbocycles. The molecule has 0 aromatic heterocycles. The second kappa shape index (κ2) is 8.11. The molecule has 0 saturated carbocycles. The first-order valence-electron chi connectivity index (χ1n) is 6.24. The molecule has 19 heavy (non-hydrogen) atoms. The molecule has 0 aromatic carbocycles. The number of amides is 1. The van der Waals surface area contributed by atoms with Crippen LogP contribution in [0.2, 0.25) is 0 Å². The van der Waals surface area contributed by atoms with Gasteiger partial charge in [0.1, 0.15) is 0 Å². The Labute approximate surface area is 113 Å². The lowest BCUT2D eigenvalue weighted by molar-refractivity contribution is -0.137. The Bertz CT molecular complexity index is 407. The van der Waals surface area contributed by atoms with E-state index in [1.54, 1.807) is 13.8 Å². The van der Waals surface area contributed by atoms with E-state index in [0.29, 0.717) is 12.8 Å². The minimum Gasteiger partial charge on any atom is -0.481 e. The van der Waals surface area contributed by atoms with Crippen molar-refractivity contribution < 1.29 is 23.1 Å². The third-order valence-corrected chi connectivity index (χ3v) is 4.14. The minimum absolute atomic E-state index is 0.0447. The van der Waals surface area contributed by atoms with Gasteiger partial charge in [0, 0.05) is 6.04 Å². The highest BCUT2D eigenvalue weighted by Crippen LogP contribution is 1.99. The third kappa shape index (κ3) is 7.78. The first kappa shape index (κ1) is 17.8. The molecular formula is C11H22N2O5S. The van der Waals surface area contributed by atoms with E-state index in [4.69, 9.17) is 5.11 Å². The number of aliphatic carboxylic acids is 1. The van der Waals surface area contributed by atoms with Gasteiger partial charge in [-0.05, 0) is 19.8 Å². The minimum atomic E-state index is -3.47. The Hall–Kier alpha value is -1.15. The van der Waals surface area contributed by atoms with Gasteiger partial charge < -0.3 is 10.4 Å². The zero-order valence-corrected chi connectivity index (χ0v) is 12.3. The molecule has 0 spiro atoms. The quantitative estimate of drug-likeness (QED) is 0.557. The average molecular weight is 294 g/mol. The Balaban J connectivity index is 4.44. The predicted molar refractivity (Wildman–Crippen MR) is 71.2 cm³/mol. The van der Waals surface area contributed by atoms with E-state index in [2.05, 4.69) is 10.0 Å². The monoisotopic (exact) mass is 294 g/mol. The summed E-state index contributed by atoms with van der Waals surface area (Å²) in [6.45, 7) is 4.90. The molecule has 1 amide bonds. The van der Waals surface area contributed by atoms with Crippen molar-refractivity contribution in [3.63, 3.8) is 0 Å². The van der Waals surface area contributed by atoms with Crippen molar-refractivity contribution in [3.8, 4) is 0 Å². The van der Waals surface area contributed by atoms with Crippen LogP contribution in [-0.4, -0.2) is 43.2 Å². The summed E-state index contributed by atoms with van der Waals surface area (Å²) in [7, 11) is -3.47. The van der Waals surface area contributed by atoms with Crippen molar-refractivity contribution in [1.82, 2.24) is 10.0 Å². The van der Waals surface area contributed by atoms with Crippen molar-refractivity contribution in [2.24, 2.45) is 0 Å². The molecule has 7 nitrogen and oxygen atoms in total. The number of nitrogens with one attached hydrogen (secondary N) is 2. The molecule has 0 aliphatic heterocycles. The van der Waals surface area contributed by atoms with Crippen LogP contribution in [0.1, 0.15) is 40.0 Å². The molecule has 2 unspecified atom stereocenters. The van der Waals surface area contributed by atoms with Gasteiger partial charge in [-0.15, -0.1) is 0 Å². The molecule has 0 fully saturated rings. The van der Waals surface area contributed by atoms with Crippen molar-refractivity contribution in [2.45, 2.75) is 52.1 Å². The van der Waals surface area contributed by atoms with Crippen LogP contribution in [0.4, 0.5) is 0 Å². The first-order chi connectivity index (χ1) is 8.71. The molecule has 0 rings (SSSR count). The topological polar surface area (TPSA) is 113 Å². The maximum absolute atomic E-state index is 11.7. The summed E-state index contributed by atoms with van der Waals surface area (Å²) in [5, 5.41) is 11.2. The Morgan fingerprint density at radius 3 is 2.26 bits per heavy atom. The number of carbonyl (C=O) groups excluding carboxylic acids is 1. The Morgan fingerprint density at radius 2 is 1.84 bits per heavy atom. The summed E-state index contributed by atoms with van der Waals surface area (Å²) in [6.07, 6.45) is 0.739. The number of rotatable bonds is 9.